The first-order chi connectivity index (χ1) is 14.7. The maximum Gasteiger partial charge on any atom is 0.224 e. The number of rotatable bonds is 7. The number of nitrogens with one attached hydrogen (secondary N) is 1. The van der Waals surface area contributed by atoms with Crippen LogP contribution < -0.4 is 11.1 Å². The summed E-state index contributed by atoms with van der Waals surface area (Å²) >= 11 is 1.63. The average Bonchev–Trinajstić information content (AvgIpc) is 3.45. The number of anilines is 2. The van der Waals surface area contributed by atoms with Crippen molar-refractivity contribution in [1.82, 2.24) is 15.0 Å². The van der Waals surface area contributed by atoms with Crippen molar-refractivity contribution < 1.29 is 4.79 Å². The van der Waals surface area contributed by atoms with Crippen molar-refractivity contribution in [1.29, 1.82) is 0 Å². The van der Waals surface area contributed by atoms with Crippen LogP contribution in [0.1, 0.15) is 17.7 Å². The Hall–Kier alpha value is -3.71. The maximum absolute atomic E-state index is 12.4. The molecular weight excluding hydrogens is 394 g/mol. The summed E-state index contributed by atoms with van der Waals surface area (Å²) in [6, 6.07) is 17.7. The quantitative estimate of drug-likeness (QED) is 0.425. The van der Waals surface area contributed by atoms with Crippen molar-refractivity contribution in [2.75, 3.05) is 11.1 Å². The van der Waals surface area contributed by atoms with Crippen molar-refractivity contribution in [3.05, 3.63) is 82.8 Å². The van der Waals surface area contributed by atoms with Gasteiger partial charge in [-0.25, -0.2) is 4.68 Å². The van der Waals surface area contributed by atoms with Crippen LogP contribution in [0.25, 0.3) is 23.4 Å². The topological polar surface area (TPSA) is 85.8 Å². The van der Waals surface area contributed by atoms with Crippen LogP contribution in [0.2, 0.25) is 0 Å². The van der Waals surface area contributed by atoms with Crippen LogP contribution in [0.3, 0.4) is 0 Å². The SMILES string of the molecule is Nc1ccc(-c2ccsc2)cc1NC(=O)CCc1cn(/C=C/c2ccccc2)nn1. The Bertz CT molecular complexity index is 1150. The van der Waals surface area contributed by atoms with Crippen molar-refractivity contribution in [2.45, 2.75) is 12.8 Å². The number of hydrogen-bond donors (Lipinski definition) is 2. The molecule has 7 heteroatoms. The second-order valence-corrected chi connectivity index (χ2v) is 7.56. The van der Waals surface area contributed by atoms with Gasteiger partial charge in [-0.1, -0.05) is 41.6 Å². The minimum Gasteiger partial charge on any atom is -0.397 e. The van der Waals surface area contributed by atoms with Crippen LogP contribution in [-0.4, -0.2) is 20.9 Å². The Morgan fingerprint density at radius 1 is 1.13 bits per heavy atom. The zero-order valence-corrected chi connectivity index (χ0v) is 17.0. The first-order valence-corrected chi connectivity index (χ1v) is 10.5. The summed E-state index contributed by atoms with van der Waals surface area (Å²) in [5, 5.41) is 15.2. The van der Waals surface area contributed by atoms with Gasteiger partial charge in [0.25, 0.3) is 0 Å². The van der Waals surface area contributed by atoms with Crippen LogP contribution in [0.4, 0.5) is 11.4 Å². The van der Waals surface area contributed by atoms with Crippen molar-refractivity contribution >= 4 is 40.9 Å². The van der Waals surface area contributed by atoms with Crippen LogP contribution in [0.5, 0.6) is 0 Å². The van der Waals surface area contributed by atoms with Crippen molar-refractivity contribution in [3.8, 4) is 11.1 Å². The number of carbonyl (C=O) groups is 1. The van der Waals surface area contributed by atoms with Gasteiger partial charge in [-0.05, 0) is 51.7 Å². The summed E-state index contributed by atoms with van der Waals surface area (Å²) < 4.78 is 1.64. The molecule has 0 aliphatic carbocycles. The molecule has 4 rings (SSSR count). The van der Waals surface area contributed by atoms with E-state index in [1.165, 1.54) is 0 Å². The van der Waals surface area contributed by atoms with Gasteiger partial charge in [-0.2, -0.15) is 11.3 Å². The molecule has 3 N–H and O–H groups in total. The van der Waals surface area contributed by atoms with E-state index >= 15 is 0 Å². The molecule has 0 atom stereocenters. The lowest BCUT2D eigenvalue weighted by atomic mass is 10.1. The fourth-order valence-electron chi connectivity index (χ4n) is 2.95. The summed E-state index contributed by atoms with van der Waals surface area (Å²) in [6.45, 7) is 0. The third-order valence-electron chi connectivity index (χ3n) is 4.57. The van der Waals surface area contributed by atoms with E-state index in [4.69, 9.17) is 5.73 Å². The number of benzene rings is 2. The first kappa shape index (κ1) is 19.6. The lowest BCUT2D eigenvalue weighted by Gasteiger charge is -2.10. The Balaban J connectivity index is 1.34. The number of nitrogen functional groups attached to an aromatic ring is 1. The third-order valence-corrected chi connectivity index (χ3v) is 5.25. The summed E-state index contributed by atoms with van der Waals surface area (Å²) in [5.74, 6) is -0.112. The average molecular weight is 416 g/mol. The summed E-state index contributed by atoms with van der Waals surface area (Å²) in [4.78, 5) is 12.4. The minimum absolute atomic E-state index is 0.112. The predicted octanol–water partition coefficient (Wildman–Crippen LogP) is 4.79. The molecule has 2 aromatic carbocycles. The zero-order chi connectivity index (χ0) is 20.8. The largest absolute Gasteiger partial charge is 0.397 e. The summed E-state index contributed by atoms with van der Waals surface area (Å²) in [7, 11) is 0. The predicted molar refractivity (Wildman–Crippen MR) is 123 cm³/mol. The normalized spacial score (nSPS) is 11.1. The molecule has 1 amide bonds. The molecule has 0 aliphatic rings. The highest BCUT2D eigenvalue weighted by molar-refractivity contribution is 7.08. The first-order valence-electron chi connectivity index (χ1n) is 9.53. The van der Waals surface area contributed by atoms with Gasteiger partial charge in [-0.3, -0.25) is 4.79 Å². The van der Waals surface area contributed by atoms with Gasteiger partial charge in [0.05, 0.1) is 23.3 Å². The van der Waals surface area contributed by atoms with E-state index in [0.717, 1.165) is 22.4 Å². The molecular formula is C23H21N5OS. The number of hydrogen-bond acceptors (Lipinski definition) is 5. The van der Waals surface area contributed by atoms with E-state index in [1.807, 2.05) is 78.5 Å². The van der Waals surface area contributed by atoms with Gasteiger partial charge in [0.15, 0.2) is 0 Å². The second-order valence-electron chi connectivity index (χ2n) is 6.78. The van der Waals surface area contributed by atoms with E-state index in [-0.39, 0.29) is 5.91 Å². The zero-order valence-electron chi connectivity index (χ0n) is 16.2. The van der Waals surface area contributed by atoms with Crippen molar-refractivity contribution in [3.63, 3.8) is 0 Å². The Morgan fingerprint density at radius 3 is 2.80 bits per heavy atom. The molecule has 30 heavy (non-hydrogen) atoms. The Kier molecular flexibility index (Phi) is 6.01. The van der Waals surface area contributed by atoms with E-state index in [9.17, 15) is 4.79 Å². The monoisotopic (exact) mass is 415 g/mol. The maximum atomic E-state index is 12.4. The third kappa shape index (κ3) is 5.01. The number of carbonyl (C=O) groups excluding carboxylic acids is 1. The van der Waals surface area contributed by atoms with E-state index in [0.29, 0.717) is 24.2 Å². The molecule has 0 spiro atoms. The van der Waals surface area contributed by atoms with Gasteiger partial charge in [0.2, 0.25) is 5.91 Å². The number of aromatic nitrogens is 3. The minimum atomic E-state index is -0.112. The highest BCUT2D eigenvalue weighted by atomic mass is 32.1. The Morgan fingerprint density at radius 2 is 2.00 bits per heavy atom. The number of nitrogens with zero attached hydrogens (tertiary/aromatic N) is 3. The second kappa shape index (κ2) is 9.19. The van der Waals surface area contributed by atoms with Crippen molar-refractivity contribution in [2.24, 2.45) is 0 Å². The molecule has 0 radical (unpaired) electrons. The van der Waals surface area contributed by atoms with Crippen LogP contribution in [-0.2, 0) is 11.2 Å². The molecule has 4 aromatic rings. The number of thiophene rings is 1. The van der Waals surface area contributed by atoms with E-state index in [2.05, 4.69) is 21.0 Å². The number of aryl methyl sites for hydroxylation is 1. The fourth-order valence-corrected chi connectivity index (χ4v) is 3.62. The van der Waals surface area contributed by atoms with Gasteiger partial charge in [0.1, 0.15) is 0 Å². The van der Waals surface area contributed by atoms with Crippen LogP contribution >= 0.6 is 11.3 Å². The summed E-state index contributed by atoms with van der Waals surface area (Å²) in [5.41, 5.74) is 11.2. The van der Waals surface area contributed by atoms with Gasteiger partial charge in [-0.15, -0.1) is 5.10 Å². The number of amides is 1. The van der Waals surface area contributed by atoms with E-state index < -0.39 is 0 Å². The molecule has 150 valence electrons. The lowest BCUT2D eigenvalue weighted by Crippen LogP contribution is -2.13. The lowest BCUT2D eigenvalue weighted by molar-refractivity contribution is -0.116. The van der Waals surface area contributed by atoms with Gasteiger partial charge < -0.3 is 11.1 Å². The number of nitrogens with two attached hydrogens (primary N) is 1. The molecule has 0 fully saturated rings. The highest BCUT2D eigenvalue weighted by Crippen LogP contribution is 2.28. The summed E-state index contributed by atoms with van der Waals surface area (Å²) in [6.07, 6.45) is 6.40. The molecule has 0 aliphatic heterocycles. The smallest absolute Gasteiger partial charge is 0.224 e. The molecule has 0 saturated carbocycles. The van der Waals surface area contributed by atoms with Crippen LogP contribution in [0.15, 0.2) is 71.6 Å². The molecule has 6 nitrogen and oxygen atoms in total. The molecule has 2 aromatic heterocycles. The standard InChI is InChI=1S/C23H21N5OS/c24-21-8-6-18(19-11-13-30-16-19)14-22(21)25-23(29)9-7-20-15-28(27-26-20)12-10-17-4-2-1-3-5-17/h1-6,8,10-16H,7,9,24H2,(H,25,29)/b12-10+. The Labute approximate surface area is 178 Å². The fraction of sp³-hybridized carbons (Fsp3) is 0.0870. The highest BCUT2D eigenvalue weighted by Gasteiger charge is 2.09. The van der Waals surface area contributed by atoms with Crippen LogP contribution in [0, 0.1) is 0 Å². The molecule has 0 unspecified atom stereocenters. The molecule has 0 saturated heterocycles. The van der Waals surface area contributed by atoms with Gasteiger partial charge >= 0.3 is 0 Å². The molecule has 2 heterocycles. The molecule has 0 bridgehead atoms. The van der Waals surface area contributed by atoms with E-state index in [1.54, 1.807) is 16.0 Å². The van der Waals surface area contributed by atoms with Gasteiger partial charge in [0, 0.05) is 19.0 Å².